The van der Waals surface area contributed by atoms with Gasteiger partial charge in [0.2, 0.25) is 11.8 Å². The lowest BCUT2D eigenvalue weighted by atomic mass is 9.76. The van der Waals surface area contributed by atoms with Crippen molar-refractivity contribution in [2.24, 2.45) is 11.1 Å². The third kappa shape index (κ3) is 6.02. The summed E-state index contributed by atoms with van der Waals surface area (Å²) in [4.78, 5) is 49.4. The van der Waals surface area contributed by atoms with Gasteiger partial charge in [0.1, 0.15) is 6.04 Å². The predicted molar refractivity (Wildman–Crippen MR) is 143 cm³/mol. The molecule has 1 aliphatic heterocycles. The molecule has 10 heteroatoms. The number of carbonyl (C=O) groups is 3. The Bertz CT molecular complexity index is 1250. The molecule has 37 heavy (non-hydrogen) atoms. The maximum atomic E-state index is 14.0. The summed E-state index contributed by atoms with van der Waals surface area (Å²) in [6.45, 7) is 5.95. The molecule has 4 N–H and O–H groups in total. The van der Waals surface area contributed by atoms with E-state index in [2.05, 4.69) is 15.3 Å². The molecule has 0 saturated carbocycles. The number of thiazole rings is 1. The molecule has 2 aromatic heterocycles. The lowest BCUT2D eigenvalue weighted by molar-refractivity contribution is -0.161. The molecular weight excluding hydrogens is 490 g/mol. The van der Waals surface area contributed by atoms with Crippen molar-refractivity contribution in [3.8, 4) is 0 Å². The number of rotatable bonds is 9. The minimum atomic E-state index is -1.15. The first-order chi connectivity index (χ1) is 17.6. The fraction of sp³-hybridized carbons (Fsp3) is 0.481. The molecule has 1 saturated heterocycles. The van der Waals surface area contributed by atoms with Crippen molar-refractivity contribution in [2.45, 2.75) is 58.0 Å². The average molecular weight is 526 g/mol. The summed E-state index contributed by atoms with van der Waals surface area (Å²) in [6, 6.07) is 6.99. The zero-order valence-electron chi connectivity index (χ0n) is 21.6. The zero-order chi connectivity index (χ0) is 26.6. The van der Waals surface area contributed by atoms with Gasteiger partial charge in [-0.15, -0.1) is 11.3 Å². The second kappa shape index (κ2) is 11.0. The van der Waals surface area contributed by atoms with E-state index in [0.29, 0.717) is 32.2 Å². The van der Waals surface area contributed by atoms with Gasteiger partial charge in [-0.05, 0) is 45.2 Å². The summed E-state index contributed by atoms with van der Waals surface area (Å²) in [5.41, 5.74) is 8.43. The van der Waals surface area contributed by atoms with Crippen molar-refractivity contribution >= 4 is 40.0 Å². The van der Waals surface area contributed by atoms with Gasteiger partial charge in [0.25, 0.3) is 0 Å². The van der Waals surface area contributed by atoms with Crippen LogP contribution in [0.4, 0.5) is 0 Å². The molecule has 198 valence electrons. The second-order valence-corrected chi connectivity index (χ2v) is 11.1. The van der Waals surface area contributed by atoms with Gasteiger partial charge in [0.15, 0.2) is 0 Å². The number of likely N-dealkylation sites (tertiary alicyclic amines) is 1. The van der Waals surface area contributed by atoms with Gasteiger partial charge >= 0.3 is 5.97 Å². The van der Waals surface area contributed by atoms with Crippen molar-refractivity contribution in [3.63, 3.8) is 0 Å². The zero-order valence-corrected chi connectivity index (χ0v) is 22.4. The fourth-order valence-corrected chi connectivity index (χ4v) is 5.50. The van der Waals surface area contributed by atoms with E-state index in [4.69, 9.17) is 10.5 Å². The summed E-state index contributed by atoms with van der Waals surface area (Å²) in [5, 5.41) is 5.80. The Morgan fingerprint density at radius 1 is 1.32 bits per heavy atom. The summed E-state index contributed by atoms with van der Waals surface area (Å²) in [6.07, 6.45) is 3.80. The number of nitrogens with two attached hydrogens (primary N) is 1. The average Bonchev–Trinajstić information content (AvgIpc) is 3.53. The summed E-state index contributed by atoms with van der Waals surface area (Å²) in [7, 11) is 0. The van der Waals surface area contributed by atoms with Gasteiger partial charge in [-0.1, -0.05) is 18.2 Å². The van der Waals surface area contributed by atoms with E-state index in [-0.39, 0.29) is 25.0 Å². The van der Waals surface area contributed by atoms with Crippen LogP contribution in [0.25, 0.3) is 10.9 Å². The summed E-state index contributed by atoms with van der Waals surface area (Å²) in [5.74, 6) is -0.975. The van der Waals surface area contributed by atoms with E-state index in [1.165, 1.54) is 11.3 Å². The number of hydrogen-bond acceptors (Lipinski definition) is 7. The Labute approximate surface area is 220 Å². The number of benzene rings is 1. The maximum absolute atomic E-state index is 14.0. The van der Waals surface area contributed by atoms with Crippen LogP contribution in [-0.4, -0.2) is 63.9 Å². The highest BCUT2D eigenvalue weighted by atomic mass is 32.1. The van der Waals surface area contributed by atoms with Crippen molar-refractivity contribution in [1.82, 2.24) is 20.2 Å². The van der Waals surface area contributed by atoms with Crippen LogP contribution in [0.15, 0.2) is 41.4 Å². The van der Waals surface area contributed by atoms with E-state index >= 15 is 0 Å². The summed E-state index contributed by atoms with van der Waals surface area (Å²) >= 11 is 1.47. The minimum absolute atomic E-state index is 0.203. The number of carbonyl (C=O) groups excluding carboxylic acids is 3. The van der Waals surface area contributed by atoms with Gasteiger partial charge in [0, 0.05) is 48.4 Å². The van der Waals surface area contributed by atoms with E-state index in [0.717, 1.165) is 22.2 Å². The molecule has 0 aliphatic carbocycles. The molecule has 9 nitrogen and oxygen atoms in total. The lowest BCUT2D eigenvalue weighted by Crippen LogP contribution is -2.59. The predicted octanol–water partition coefficient (Wildman–Crippen LogP) is 2.80. The first-order valence-electron chi connectivity index (χ1n) is 12.6. The SMILES string of the molecule is CCOC(=O)[C@]1(Cc2cscn2)CCCN(C(=O)[C@@H](Cc2c[nH]c3ccccc23)NC(=O)C(C)(C)N)C1. The van der Waals surface area contributed by atoms with E-state index in [1.54, 1.807) is 31.2 Å². The molecule has 2 amide bonds. The number of para-hydroxylation sites is 1. The van der Waals surface area contributed by atoms with Crippen LogP contribution in [0.5, 0.6) is 0 Å². The number of esters is 1. The number of fused-ring (bicyclic) bond motifs is 1. The van der Waals surface area contributed by atoms with Crippen molar-refractivity contribution in [3.05, 3.63) is 52.6 Å². The molecule has 0 unspecified atom stereocenters. The Balaban J connectivity index is 1.62. The van der Waals surface area contributed by atoms with Crippen LogP contribution in [-0.2, 0) is 32.0 Å². The molecule has 1 aliphatic rings. The van der Waals surface area contributed by atoms with Gasteiger partial charge in [-0.3, -0.25) is 14.4 Å². The monoisotopic (exact) mass is 525 g/mol. The Morgan fingerprint density at radius 2 is 2.11 bits per heavy atom. The smallest absolute Gasteiger partial charge is 0.314 e. The number of nitrogens with one attached hydrogen (secondary N) is 2. The molecule has 3 aromatic rings. The quantitative estimate of drug-likeness (QED) is 0.368. The number of aromatic amines is 1. The third-order valence-electron chi connectivity index (χ3n) is 6.89. The lowest BCUT2D eigenvalue weighted by Gasteiger charge is -2.42. The molecule has 0 bridgehead atoms. The second-order valence-electron chi connectivity index (χ2n) is 10.3. The Morgan fingerprint density at radius 3 is 2.81 bits per heavy atom. The first kappa shape index (κ1) is 26.8. The Hall–Kier alpha value is -3.24. The number of piperidine rings is 1. The van der Waals surface area contributed by atoms with Crippen molar-refractivity contribution < 1.29 is 19.1 Å². The third-order valence-corrected chi connectivity index (χ3v) is 7.52. The van der Waals surface area contributed by atoms with Crippen LogP contribution in [0.3, 0.4) is 0 Å². The molecule has 1 fully saturated rings. The molecule has 0 spiro atoms. The van der Waals surface area contributed by atoms with Gasteiger partial charge in [-0.2, -0.15) is 0 Å². The van der Waals surface area contributed by atoms with Gasteiger partial charge < -0.3 is 25.7 Å². The molecule has 2 atom stereocenters. The number of hydrogen-bond donors (Lipinski definition) is 3. The molecule has 4 rings (SSSR count). The molecule has 3 heterocycles. The largest absolute Gasteiger partial charge is 0.466 e. The van der Waals surface area contributed by atoms with Crippen LogP contribution in [0.1, 0.15) is 44.9 Å². The van der Waals surface area contributed by atoms with Crippen LogP contribution < -0.4 is 11.1 Å². The maximum Gasteiger partial charge on any atom is 0.314 e. The summed E-state index contributed by atoms with van der Waals surface area (Å²) < 4.78 is 5.47. The van der Waals surface area contributed by atoms with Crippen LogP contribution >= 0.6 is 11.3 Å². The number of nitrogens with zero attached hydrogens (tertiary/aromatic N) is 2. The Kier molecular flexibility index (Phi) is 7.99. The first-order valence-corrected chi connectivity index (χ1v) is 13.5. The molecule has 0 radical (unpaired) electrons. The van der Waals surface area contributed by atoms with Gasteiger partial charge in [0.05, 0.1) is 28.8 Å². The van der Waals surface area contributed by atoms with E-state index < -0.39 is 22.9 Å². The highest BCUT2D eigenvalue weighted by Gasteiger charge is 2.46. The number of aromatic nitrogens is 2. The van der Waals surface area contributed by atoms with Gasteiger partial charge in [-0.25, -0.2) is 4.98 Å². The van der Waals surface area contributed by atoms with E-state index in [1.807, 2.05) is 35.8 Å². The van der Waals surface area contributed by atoms with E-state index in [9.17, 15) is 14.4 Å². The minimum Gasteiger partial charge on any atom is -0.466 e. The topological polar surface area (TPSA) is 130 Å². The fourth-order valence-electron chi connectivity index (χ4n) is 4.94. The number of amides is 2. The molecule has 1 aromatic carbocycles. The van der Waals surface area contributed by atoms with Crippen molar-refractivity contribution in [2.75, 3.05) is 19.7 Å². The molecular formula is C27H35N5O4S. The van der Waals surface area contributed by atoms with Crippen LogP contribution in [0, 0.1) is 5.41 Å². The number of H-pyrrole nitrogens is 1. The van der Waals surface area contributed by atoms with Crippen LogP contribution in [0.2, 0.25) is 0 Å². The number of ether oxygens (including phenoxy) is 1. The van der Waals surface area contributed by atoms with Crippen molar-refractivity contribution in [1.29, 1.82) is 0 Å². The highest BCUT2D eigenvalue weighted by molar-refractivity contribution is 7.07. The normalized spacial score (nSPS) is 19.0. The standard InChI is InChI=1S/C27H35N5O4S/c1-4-36-25(35)27(13-19-15-37-17-30-19)10-7-11-32(16-27)23(33)22(31-24(34)26(2,3)28)12-18-14-29-21-9-6-5-8-20(18)21/h5-6,8-9,14-15,17,22,29H,4,7,10-13,16,28H2,1-3H3,(H,31,34)/t22-,27+/m1/s1. The highest BCUT2D eigenvalue weighted by Crippen LogP contribution is 2.36.